The predicted molar refractivity (Wildman–Crippen MR) is 118 cm³/mol. The predicted octanol–water partition coefficient (Wildman–Crippen LogP) is 3.63. The van der Waals surface area contributed by atoms with Crippen LogP contribution in [0.3, 0.4) is 0 Å². The molecule has 0 saturated carbocycles. The van der Waals surface area contributed by atoms with E-state index in [1.807, 2.05) is 45.2 Å². The molecule has 1 heterocycles. The summed E-state index contributed by atoms with van der Waals surface area (Å²) in [5.74, 6) is 0.872. The average molecular weight is 416 g/mol. The molecule has 1 aliphatic carbocycles. The Morgan fingerprint density at radius 1 is 1.23 bits per heavy atom. The summed E-state index contributed by atoms with van der Waals surface area (Å²) in [5.41, 5.74) is 2.85. The molecule has 1 fully saturated rings. The Morgan fingerprint density at radius 2 is 2.00 bits per heavy atom. The zero-order valence-electron chi connectivity index (χ0n) is 18.4. The largest absolute Gasteiger partial charge is 0.493 e. The van der Waals surface area contributed by atoms with E-state index in [1.165, 1.54) is 11.3 Å². The molecule has 2 N–H and O–H groups in total. The number of piperidine rings is 1. The van der Waals surface area contributed by atoms with Crippen LogP contribution < -0.4 is 10.6 Å². The molecular formula is C24H34FN3O2. The van der Waals surface area contributed by atoms with Gasteiger partial charge in [-0.3, -0.25) is 4.79 Å². The van der Waals surface area contributed by atoms with E-state index in [0.29, 0.717) is 51.2 Å². The monoisotopic (exact) mass is 415 g/mol. The Hall–Kier alpha value is -2.34. The standard InChI is InChI=1S/C24H34FN3O2/c1-18-7-8-20(15-19(18)2)23(29)28-12-9-24(25,10-13-28)17-27-11-14-30-22-6-4-5-21(16-22)26-3/h6-8,15-16,26-27H,4-5,9-14,17H2,1-3H3. The molecule has 1 aromatic rings. The van der Waals surface area contributed by atoms with Crippen molar-refractivity contribution >= 4 is 5.91 Å². The van der Waals surface area contributed by atoms with Gasteiger partial charge in [-0.15, -0.1) is 0 Å². The fraction of sp³-hybridized carbons (Fsp3) is 0.542. The van der Waals surface area contributed by atoms with Gasteiger partial charge in [-0.25, -0.2) is 4.39 Å². The number of likely N-dealkylation sites (tertiary alicyclic amines) is 1. The first-order valence-corrected chi connectivity index (χ1v) is 10.9. The van der Waals surface area contributed by atoms with E-state index >= 15 is 4.39 Å². The van der Waals surface area contributed by atoms with Crippen molar-refractivity contribution in [1.82, 2.24) is 15.5 Å². The lowest BCUT2D eigenvalue weighted by Crippen LogP contribution is -2.49. The Bertz CT molecular complexity index is 811. The number of rotatable bonds is 8. The Morgan fingerprint density at radius 3 is 2.70 bits per heavy atom. The molecule has 0 spiro atoms. The molecule has 5 nitrogen and oxygen atoms in total. The highest BCUT2D eigenvalue weighted by atomic mass is 19.1. The quantitative estimate of drug-likeness (QED) is 0.637. The van der Waals surface area contributed by atoms with Crippen molar-refractivity contribution in [3.8, 4) is 0 Å². The van der Waals surface area contributed by atoms with Crippen LogP contribution in [-0.4, -0.2) is 56.3 Å². The third kappa shape index (κ3) is 5.85. The van der Waals surface area contributed by atoms with Crippen molar-refractivity contribution in [3.63, 3.8) is 0 Å². The van der Waals surface area contributed by atoms with Crippen LogP contribution in [0.2, 0.25) is 0 Å². The SMILES string of the molecule is CNC1=CC(OCCNCC2(F)CCN(C(=O)c3ccc(C)c(C)c3)CC2)=CCC1. The number of aryl methyl sites for hydroxylation is 2. The van der Waals surface area contributed by atoms with Gasteiger partial charge in [-0.05, 0) is 62.1 Å². The van der Waals surface area contributed by atoms with E-state index in [1.54, 1.807) is 4.90 Å². The van der Waals surface area contributed by atoms with E-state index in [2.05, 4.69) is 16.7 Å². The normalized spacial score (nSPS) is 18.5. The maximum atomic E-state index is 15.1. The van der Waals surface area contributed by atoms with Gasteiger partial charge in [0, 0.05) is 57.3 Å². The first-order chi connectivity index (χ1) is 14.4. The first-order valence-electron chi connectivity index (χ1n) is 10.9. The molecule has 6 heteroatoms. The van der Waals surface area contributed by atoms with Gasteiger partial charge in [-0.2, -0.15) is 0 Å². The number of carbonyl (C=O) groups excluding carboxylic acids is 1. The summed E-state index contributed by atoms with van der Waals surface area (Å²) < 4.78 is 20.9. The molecule has 0 bridgehead atoms. The maximum absolute atomic E-state index is 15.1. The van der Waals surface area contributed by atoms with Crippen molar-refractivity contribution in [2.45, 2.75) is 45.2 Å². The number of alkyl halides is 1. The van der Waals surface area contributed by atoms with Crippen LogP contribution >= 0.6 is 0 Å². The van der Waals surface area contributed by atoms with Crippen LogP contribution in [0.15, 0.2) is 41.8 Å². The molecule has 30 heavy (non-hydrogen) atoms. The van der Waals surface area contributed by atoms with Gasteiger partial charge in [0.05, 0.1) is 0 Å². The molecule has 2 aliphatic rings. The van der Waals surface area contributed by atoms with Gasteiger partial charge >= 0.3 is 0 Å². The number of allylic oxidation sites excluding steroid dienone is 3. The van der Waals surface area contributed by atoms with E-state index in [-0.39, 0.29) is 5.91 Å². The Labute approximate surface area is 179 Å². The lowest BCUT2D eigenvalue weighted by atomic mass is 9.92. The number of nitrogens with zero attached hydrogens (tertiary/aromatic N) is 1. The summed E-state index contributed by atoms with van der Waals surface area (Å²) in [7, 11) is 1.91. The highest BCUT2D eigenvalue weighted by molar-refractivity contribution is 5.94. The maximum Gasteiger partial charge on any atom is 0.253 e. The van der Waals surface area contributed by atoms with Crippen molar-refractivity contribution in [2.24, 2.45) is 0 Å². The van der Waals surface area contributed by atoms with Crippen molar-refractivity contribution in [1.29, 1.82) is 0 Å². The number of benzene rings is 1. The van der Waals surface area contributed by atoms with Crippen LogP contribution in [-0.2, 0) is 4.74 Å². The van der Waals surface area contributed by atoms with Gasteiger partial charge in [0.1, 0.15) is 18.0 Å². The van der Waals surface area contributed by atoms with Gasteiger partial charge in [0.2, 0.25) is 0 Å². The molecular weight excluding hydrogens is 381 g/mol. The molecule has 3 rings (SSSR count). The van der Waals surface area contributed by atoms with Crippen molar-refractivity contribution in [2.75, 3.05) is 39.8 Å². The zero-order valence-corrected chi connectivity index (χ0v) is 18.4. The molecule has 164 valence electrons. The molecule has 1 saturated heterocycles. The smallest absolute Gasteiger partial charge is 0.253 e. The lowest BCUT2D eigenvalue weighted by molar-refractivity contribution is 0.0430. The zero-order chi connectivity index (χ0) is 21.6. The highest BCUT2D eigenvalue weighted by Crippen LogP contribution is 2.27. The van der Waals surface area contributed by atoms with E-state index in [9.17, 15) is 4.79 Å². The number of ether oxygens (including phenoxy) is 1. The van der Waals surface area contributed by atoms with E-state index in [4.69, 9.17) is 4.74 Å². The van der Waals surface area contributed by atoms with Crippen LogP contribution in [0.1, 0.15) is 47.2 Å². The molecule has 1 aromatic carbocycles. The summed E-state index contributed by atoms with van der Waals surface area (Å²) in [4.78, 5) is 14.5. The topological polar surface area (TPSA) is 53.6 Å². The van der Waals surface area contributed by atoms with Crippen molar-refractivity contribution < 1.29 is 13.9 Å². The number of halogens is 1. The molecule has 1 amide bonds. The lowest BCUT2D eigenvalue weighted by Gasteiger charge is -2.36. The van der Waals surface area contributed by atoms with Crippen LogP contribution in [0.25, 0.3) is 0 Å². The molecule has 0 radical (unpaired) electrons. The van der Waals surface area contributed by atoms with Crippen molar-refractivity contribution in [3.05, 3.63) is 58.5 Å². The fourth-order valence-electron chi connectivity index (χ4n) is 3.87. The fourth-order valence-corrected chi connectivity index (χ4v) is 3.87. The third-order valence-electron chi connectivity index (χ3n) is 6.09. The molecule has 1 aliphatic heterocycles. The van der Waals surface area contributed by atoms with Crippen LogP contribution in [0.5, 0.6) is 0 Å². The summed E-state index contributed by atoms with van der Waals surface area (Å²) in [6.45, 7) is 6.33. The second-order valence-electron chi connectivity index (χ2n) is 8.33. The minimum atomic E-state index is -1.27. The van der Waals surface area contributed by atoms with Gasteiger partial charge < -0.3 is 20.3 Å². The number of hydrogen-bond acceptors (Lipinski definition) is 4. The average Bonchev–Trinajstić information content (AvgIpc) is 2.75. The van der Waals surface area contributed by atoms with E-state index in [0.717, 1.165) is 24.2 Å². The number of hydrogen-bond donors (Lipinski definition) is 2. The molecule has 0 unspecified atom stereocenters. The minimum Gasteiger partial charge on any atom is -0.493 e. The van der Waals surface area contributed by atoms with Crippen LogP contribution in [0, 0.1) is 13.8 Å². The Kier molecular flexibility index (Phi) is 7.53. The molecule has 0 atom stereocenters. The van der Waals surface area contributed by atoms with Crippen LogP contribution in [0.4, 0.5) is 4.39 Å². The summed E-state index contributed by atoms with van der Waals surface area (Å²) in [6.07, 6.45) is 6.80. The first kappa shape index (κ1) is 22.3. The summed E-state index contributed by atoms with van der Waals surface area (Å²) >= 11 is 0. The van der Waals surface area contributed by atoms with E-state index < -0.39 is 5.67 Å². The third-order valence-corrected chi connectivity index (χ3v) is 6.09. The highest BCUT2D eigenvalue weighted by Gasteiger charge is 2.35. The number of amides is 1. The number of carbonyl (C=O) groups is 1. The Balaban J connectivity index is 1.38. The van der Waals surface area contributed by atoms with Gasteiger partial charge in [-0.1, -0.05) is 6.07 Å². The second-order valence-corrected chi connectivity index (χ2v) is 8.33. The summed E-state index contributed by atoms with van der Waals surface area (Å²) in [5, 5.41) is 6.34. The number of nitrogens with one attached hydrogen (secondary N) is 2. The minimum absolute atomic E-state index is 0.00346. The van der Waals surface area contributed by atoms with Gasteiger partial charge in [0.15, 0.2) is 0 Å². The molecule has 0 aromatic heterocycles. The summed E-state index contributed by atoms with van der Waals surface area (Å²) in [6, 6.07) is 5.75. The van der Waals surface area contributed by atoms with Gasteiger partial charge in [0.25, 0.3) is 5.91 Å². The second kappa shape index (κ2) is 10.1.